The highest BCUT2D eigenvalue weighted by Gasteiger charge is 2.43. The first-order chi connectivity index (χ1) is 6.83. The zero-order valence-corrected chi connectivity index (χ0v) is 9.59. The summed E-state index contributed by atoms with van der Waals surface area (Å²) < 4.78 is 36.8. The van der Waals surface area contributed by atoms with Gasteiger partial charge in [-0.1, -0.05) is 11.6 Å². The van der Waals surface area contributed by atoms with Crippen LogP contribution in [0.2, 0.25) is 5.02 Å². The largest absolute Gasteiger partial charge is 0.417 e. The summed E-state index contributed by atoms with van der Waals surface area (Å²) in [6, 6.07) is 0.872. The molecule has 1 aromatic heterocycles. The molecule has 0 bridgehead atoms. The average molecular weight is 273 g/mol. The van der Waals surface area contributed by atoms with Gasteiger partial charge in [0.25, 0.3) is 0 Å². The van der Waals surface area contributed by atoms with E-state index in [0.717, 1.165) is 12.3 Å². The Labute approximate surface area is 101 Å². The fraction of sp³-hybridized carbons (Fsp3) is 0.444. The minimum absolute atomic E-state index is 0. The Balaban J connectivity index is 0.00000128. The number of halogens is 5. The van der Waals surface area contributed by atoms with E-state index in [2.05, 4.69) is 4.98 Å². The topological polar surface area (TPSA) is 38.9 Å². The second kappa shape index (κ2) is 4.05. The van der Waals surface area contributed by atoms with Gasteiger partial charge in [0.2, 0.25) is 0 Å². The van der Waals surface area contributed by atoms with Crippen molar-refractivity contribution in [2.75, 3.05) is 0 Å². The maximum Gasteiger partial charge on any atom is 0.417 e. The van der Waals surface area contributed by atoms with E-state index in [0.29, 0.717) is 18.5 Å². The fourth-order valence-corrected chi connectivity index (χ4v) is 1.69. The van der Waals surface area contributed by atoms with Crippen LogP contribution in [-0.2, 0) is 11.7 Å². The Kier molecular flexibility index (Phi) is 3.43. The molecule has 0 radical (unpaired) electrons. The van der Waals surface area contributed by atoms with Gasteiger partial charge in [-0.05, 0) is 18.9 Å². The lowest BCUT2D eigenvalue weighted by Gasteiger charge is -2.12. The third-order valence-corrected chi connectivity index (χ3v) is 2.72. The lowest BCUT2D eigenvalue weighted by Crippen LogP contribution is -2.21. The predicted octanol–water partition coefficient (Wildman–Crippen LogP) is 3.12. The number of nitrogens with two attached hydrogens (primary N) is 1. The number of hydrogen-bond acceptors (Lipinski definition) is 2. The normalized spacial score (nSPS) is 17.8. The van der Waals surface area contributed by atoms with Crippen molar-refractivity contribution in [1.29, 1.82) is 0 Å². The van der Waals surface area contributed by atoms with E-state index in [1.807, 2.05) is 0 Å². The van der Waals surface area contributed by atoms with Crippen molar-refractivity contribution in [3.63, 3.8) is 0 Å². The lowest BCUT2D eigenvalue weighted by atomic mass is 10.1. The van der Waals surface area contributed by atoms with Crippen LogP contribution in [0.1, 0.15) is 24.1 Å². The zero-order valence-electron chi connectivity index (χ0n) is 8.01. The molecule has 1 fully saturated rings. The van der Waals surface area contributed by atoms with Crippen LogP contribution in [-0.4, -0.2) is 4.98 Å². The maximum atomic E-state index is 12.3. The Bertz CT molecular complexity index is 402. The van der Waals surface area contributed by atoms with E-state index in [-0.39, 0.29) is 17.4 Å². The van der Waals surface area contributed by atoms with Crippen LogP contribution >= 0.6 is 24.0 Å². The third-order valence-electron chi connectivity index (χ3n) is 2.43. The molecular formula is C9H9Cl2F3N2. The van der Waals surface area contributed by atoms with Crippen molar-refractivity contribution in [2.24, 2.45) is 5.73 Å². The molecule has 0 aliphatic heterocycles. The van der Waals surface area contributed by atoms with Crippen molar-refractivity contribution in [1.82, 2.24) is 4.98 Å². The molecule has 0 amide bonds. The SMILES string of the molecule is Cl.NC1(c2ncc(C(F)(F)F)cc2Cl)CC1. The standard InChI is InChI=1S/C9H8ClF3N2.ClH/c10-6-3-5(9(11,12)13)4-15-7(6)8(14)1-2-8;/h3-4H,1-2,14H2;1H. The van der Waals surface area contributed by atoms with Gasteiger partial charge in [-0.3, -0.25) is 4.98 Å². The monoisotopic (exact) mass is 272 g/mol. The number of alkyl halides is 3. The molecule has 1 aromatic rings. The minimum Gasteiger partial charge on any atom is -0.320 e. The summed E-state index contributed by atoms with van der Waals surface area (Å²) in [5.41, 5.74) is 4.70. The molecule has 0 unspecified atom stereocenters. The Hall–Kier alpha value is -0.520. The highest BCUT2D eigenvalue weighted by atomic mass is 35.5. The smallest absolute Gasteiger partial charge is 0.320 e. The Morgan fingerprint density at radius 3 is 2.31 bits per heavy atom. The van der Waals surface area contributed by atoms with E-state index in [9.17, 15) is 13.2 Å². The summed E-state index contributed by atoms with van der Waals surface area (Å²) in [7, 11) is 0. The number of hydrogen-bond donors (Lipinski definition) is 1. The van der Waals surface area contributed by atoms with Gasteiger partial charge in [0.05, 0.1) is 21.8 Å². The first-order valence-corrected chi connectivity index (χ1v) is 4.73. The molecular weight excluding hydrogens is 264 g/mol. The first-order valence-electron chi connectivity index (χ1n) is 4.35. The summed E-state index contributed by atoms with van der Waals surface area (Å²) in [6.07, 6.45) is -2.22. The molecule has 0 saturated heterocycles. The second-order valence-corrected chi connectivity index (χ2v) is 4.12. The van der Waals surface area contributed by atoms with Crippen LogP contribution in [0.3, 0.4) is 0 Å². The van der Waals surface area contributed by atoms with Crippen molar-refractivity contribution < 1.29 is 13.2 Å². The first kappa shape index (κ1) is 13.5. The van der Waals surface area contributed by atoms with Gasteiger partial charge >= 0.3 is 6.18 Å². The number of pyridine rings is 1. The van der Waals surface area contributed by atoms with Gasteiger partial charge < -0.3 is 5.73 Å². The van der Waals surface area contributed by atoms with Crippen LogP contribution in [0.5, 0.6) is 0 Å². The zero-order chi connectivity index (χ0) is 11.3. The van der Waals surface area contributed by atoms with Gasteiger partial charge in [0.1, 0.15) is 0 Å². The molecule has 2 N–H and O–H groups in total. The van der Waals surface area contributed by atoms with Crippen molar-refractivity contribution in [3.05, 3.63) is 28.5 Å². The second-order valence-electron chi connectivity index (χ2n) is 3.71. The van der Waals surface area contributed by atoms with Gasteiger partial charge in [0, 0.05) is 6.20 Å². The lowest BCUT2D eigenvalue weighted by molar-refractivity contribution is -0.137. The number of rotatable bonds is 1. The molecule has 0 aromatic carbocycles. The van der Waals surface area contributed by atoms with Gasteiger partial charge in [0.15, 0.2) is 0 Å². The summed E-state index contributed by atoms with van der Waals surface area (Å²) in [5, 5.41) is -0.00942. The maximum absolute atomic E-state index is 12.3. The minimum atomic E-state index is -4.42. The summed E-state index contributed by atoms with van der Waals surface area (Å²) in [5.74, 6) is 0. The van der Waals surface area contributed by atoms with Crippen LogP contribution in [0, 0.1) is 0 Å². The average Bonchev–Trinajstić information content (AvgIpc) is 2.82. The molecule has 2 rings (SSSR count). The molecule has 0 spiro atoms. The highest BCUT2D eigenvalue weighted by molar-refractivity contribution is 6.31. The predicted molar refractivity (Wildman–Crippen MR) is 56.6 cm³/mol. The summed E-state index contributed by atoms with van der Waals surface area (Å²) >= 11 is 5.72. The van der Waals surface area contributed by atoms with E-state index >= 15 is 0 Å². The Morgan fingerprint density at radius 1 is 1.38 bits per heavy atom. The molecule has 2 nitrogen and oxygen atoms in total. The molecule has 1 saturated carbocycles. The third kappa shape index (κ3) is 2.42. The van der Waals surface area contributed by atoms with Crippen LogP contribution in [0.4, 0.5) is 13.2 Å². The van der Waals surface area contributed by atoms with Crippen molar-refractivity contribution in [3.8, 4) is 0 Å². The molecule has 0 atom stereocenters. The van der Waals surface area contributed by atoms with Crippen molar-refractivity contribution in [2.45, 2.75) is 24.6 Å². The van der Waals surface area contributed by atoms with E-state index < -0.39 is 17.3 Å². The molecule has 1 heterocycles. The molecule has 16 heavy (non-hydrogen) atoms. The van der Waals surface area contributed by atoms with Crippen LogP contribution < -0.4 is 5.73 Å². The van der Waals surface area contributed by atoms with Crippen LogP contribution in [0.25, 0.3) is 0 Å². The van der Waals surface area contributed by atoms with Gasteiger partial charge in [-0.25, -0.2) is 0 Å². The quantitative estimate of drug-likeness (QED) is 0.853. The molecule has 90 valence electrons. The van der Waals surface area contributed by atoms with Crippen molar-refractivity contribution >= 4 is 24.0 Å². The summed E-state index contributed by atoms with van der Waals surface area (Å²) in [6.45, 7) is 0. The Morgan fingerprint density at radius 2 is 1.94 bits per heavy atom. The highest BCUT2D eigenvalue weighted by Crippen LogP contribution is 2.45. The van der Waals surface area contributed by atoms with Crippen LogP contribution in [0.15, 0.2) is 12.3 Å². The number of nitrogens with zero attached hydrogens (tertiary/aromatic N) is 1. The van der Waals surface area contributed by atoms with E-state index in [1.165, 1.54) is 0 Å². The fourth-order valence-electron chi connectivity index (χ4n) is 1.33. The molecule has 7 heteroatoms. The van der Waals surface area contributed by atoms with E-state index in [4.69, 9.17) is 17.3 Å². The van der Waals surface area contributed by atoms with Gasteiger partial charge in [-0.2, -0.15) is 13.2 Å². The number of aromatic nitrogens is 1. The van der Waals surface area contributed by atoms with E-state index in [1.54, 1.807) is 0 Å². The van der Waals surface area contributed by atoms with Gasteiger partial charge in [-0.15, -0.1) is 12.4 Å². The molecule has 1 aliphatic rings. The summed E-state index contributed by atoms with van der Waals surface area (Å²) in [4.78, 5) is 3.70. The molecule has 1 aliphatic carbocycles.